The van der Waals surface area contributed by atoms with Crippen molar-refractivity contribution in [2.24, 2.45) is 0 Å². The van der Waals surface area contributed by atoms with Gasteiger partial charge in [-0.1, -0.05) is 54.9 Å². The summed E-state index contributed by atoms with van der Waals surface area (Å²) in [6.07, 6.45) is 2.56. The first-order chi connectivity index (χ1) is 17.4. The molecule has 4 aromatic rings. The lowest BCUT2D eigenvalue weighted by Crippen LogP contribution is -2.20. The van der Waals surface area contributed by atoms with Crippen LogP contribution in [-0.2, 0) is 15.3 Å². The van der Waals surface area contributed by atoms with E-state index in [4.69, 9.17) is 4.74 Å². The van der Waals surface area contributed by atoms with Gasteiger partial charge in [-0.3, -0.25) is 9.20 Å². The van der Waals surface area contributed by atoms with E-state index >= 15 is 0 Å². The lowest BCUT2D eigenvalue weighted by Gasteiger charge is -2.19. The van der Waals surface area contributed by atoms with Crippen LogP contribution < -0.4 is 10.3 Å². The molecule has 0 aliphatic rings. The van der Waals surface area contributed by atoms with Gasteiger partial charge in [0.05, 0.1) is 4.90 Å². The summed E-state index contributed by atoms with van der Waals surface area (Å²) in [7, 11) is -4.21. The zero-order valence-corrected chi connectivity index (χ0v) is 23.1. The van der Waals surface area contributed by atoms with Gasteiger partial charge in [-0.2, -0.15) is 10.2 Å². The van der Waals surface area contributed by atoms with Gasteiger partial charge in [0.2, 0.25) is 15.7 Å². The highest BCUT2D eigenvalue weighted by Gasteiger charge is 2.24. The van der Waals surface area contributed by atoms with E-state index in [0.29, 0.717) is 15.9 Å². The van der Waals surface area contributed by atoms with Gasteiger partial charge in [0, 0.05) is 10.7 Å². The second-order valence-electron chi connectivity index (χ2n) is 9.47. The third-order valence-corrected chi connectivity index (χ3v) is 7.99. The monoisotopic (exact) mass is 577 g/mol. The lowest BCUT2D eigenvalue weighted by atomic mass is 9.87. The summed E-state index contributed by atoms with van der Waals surface area (Å²) in [4.78, 5) is 17.4. The molecule has 0 N–H and O–H groups in total. The van der Waals surface area contributed by atoms with Crippen LogP contribution in [0.4, 0.5) is 0 Å². The van der Waals surface area contributed by atoms with Crippen LogP contribution in [0, 0.1) is 18.3 Å². The van der Waals surface area contributed by atoms with Gasteiger partial charge in [0.25, 0.3) is 5.56 Å². The first-order valence-corrected chi connectivity index (χ1v) is 13.6. The minimum atomic E-state index is -4.21. The second-order valence-corrected chi connectivity index (χ2v) is 12.3. The molecule has 2 aromatic heterocycles. The molecular formula is C28H24BrN3O4S. The molecule has 2 aromatic carbocycles. The summed E-state index contributed by atoms with van der Waals surface area (Å²) in [5, 5.41) is 9.80. The van der Waals surface area contributed by atoms with Gasteiger partial charge in [0.15, 0.2) is 0 Å². The molecule has 0 spiro atoms. The topological polar surface area (TPSA) is 102 Å². The van der Waals surface area contributed by atoms with E-state index < -0.39 is 20.3 Å². The number of allylic oxidation sites excluding steroid dienone is 1. The predicted octanol–water partition coefficient (Wildman–Crippen LogP) is 6.19. The Morgan fingerprint density at radius 2 is 1.73 bits per heavy atom. The number of fused-ring (bicyclic) bond motifs is 1. The van der Waals surface area contributed by atoms with Crippen LogP contribution in [0.1, 0.15) is 37.5 Å². The summed E-state index contributed by atoms with van der Waals surface area (Å²) >= 11 is 3.27. The van der Waals surface area contributed by atoms with Gasteiger partial charge < -0.3 is 4.74 Å². The Hall–Kier alpha value is -3.74. The highest BCUT2D eigenvalue weighted by atomic mass is 79.9. The first-order valence-electron chi connectivity index (χ1n) is 11.3. The van der Waals surface area contributed by atoms with Crippen molar-refractivity contribution in [3.05, 3.63) is 103 Å². The summed E-state index contributed by atoms with van der Waals surface area (Å²) in [6, 6.07) is 18.5. The van der Waals surface area contributed by atoms with Crippen LogP contribution in [0.5, 0.6) is 11.6 Å². The first kappa shape index (κ1) is 26.3. The fourth-order valence-corrected chi connectivity index (χ4v) is 5.08. The van der Waals surface area contributed by atoms with E-state index in [1.54, 1.807) is 49.4 Å². The molecule has 0 radical (unpaired) electrons. The number of nitriles is 1. The fraction of sp³-hybridized carbons (Fsp3) is 0.179. The quantitative estimate of drug-likeness (QED) is 0.262. The highest BCUT2D eigenvalue weighted by molar-refractivity contribution is 9.10. The van der Waals surface area contributed by atoms with Crippen LogP contribution in [0.2, 0.25) is 0 Å². The molecule has 0 saturated heterocycles. The van der Waals surface area contributed by atoms with Gasteiger partial charge in [-0.25, -0.2) is 8.42 Å². The number of pyridine rings is 1. The molecule has 7 nitrogen and oxygen atoms in total. The number of aromatic nitrogens is 2. The molecule has 0 saturated carbocycles. The number of benzene rings is 2. The van der Waals surface area contributed by atoms with Crippen LogP contribution in [0.3, 0.4) is 0 Å². The zero-order chi connectivity index (χ0) is 27.0. The Morgan fingerprint density at radius 3 is 2.32 bits per heavy atom. The van der Waals surface area contributed by atoms with Crippen molar-refractivity contribution in [1.82, 2.24) is 9.38 Å². The van der Waals surface area contributed by atoms with E-state index in [9.17, 15) is 18.5 Å². The van der Waals surface area contributed by atoms with Gasteiger partial charge in [-0.05, 0) is 72.0 Å². The third-order valence-electron chi connectivity index (χ3n) is 5.78. The maximum absolute atomic E-state index is 13.5. The molecule has 4 rings (SSSR count). The molecule has 0 aliphatic carbocycles. The van der Waals surface area contributed by atoms with E-state index in [0.717, 1.165) is 17.2 Å². The van der Waals surface area contributed by atoms with Crippen LogP contribution >= 0.6 is 15.9 Å². The summed E-state index contributed by atoms with van der Waals surface area (Å²) in [5.74, 6) is 0.323. The van der Waals surface area contributed by atoms with Crippen molar-refractivity contribution in [2.45, 2.75) is 38.0 Å². The molecule has 0 aliphatic heterocycles. The van der Waals surface area contributed by atoms with Crippen molar-refractivity contribution in [2.75, 3.05) is 0 Å². The molecule has 0 bridgehead atoms. The number of rotatable bonds is 5. The Kier molecular flexibility index (Phi) is 7.09. The van der Waals surface area contributed by atoms with Gasteiger partial charge in [0.1, 0.15) is 27.9 Å². The molecule has 188 valence electrons. The Labute approximate surface area is 223 Å². The normalized spacial score (nSPS) is 12.4. The number of ether oxygens (including phenoxy) is 1. The van der Waals surface area contributed by atoms with Crippen LogP contribution in [-0.4, -0.2) is 17.8 Å². The van der Waals surface area contributed by atoms with Gasteiger partial charge >= 0.3 is 0 Å². The maximum atomic E-state index is 13.5. The smallest absolute Gasteiger partial charge is 0.269 e. The predicted molar refractivity (Wildman–Crippen MR) is 146 cm³/mol. The molecule has 0 unspecified atom stereocenters. The summed E-state index contributed by atoms with van der Waals surface area (Å²) in [6.45, 7) is 8.08. The molecule has 0 amide bonds. The molecule has 0 atom stereocenters. The maximum Gasteiger partial charge on any atom is 0.269 e. The Morgan fingerprint density at radius 1 is 1.08 bits per heavy atom. The molecular weight excluding hydrogens is 554 g/mol. The number of hydrogen-bond acceptors (Lipinski definition) is 6. The zero-order valence-electron chi connectivity index (χ0n) is 20.7. The van der Waals surface area contributed by atoms with E-state index in [1.165, 1.54) is 22.7 Å². The number of aryl methyl sites for hydroxylation is 1. The SMILES string of the molecule is Cc1cccn2c(=O)c(/C=C(\C#N)S(=O)(=O)c3ccc(Br)cc3)c(Oc3ccc(C(C)(C)C)cc3)nc12. The minimum Gasteiger partial charge on any atom is -0.438 e. The highest BCUT2D eigenvalue weighted by Crippen LogP contribution is 2.30. The van der Waals surface area contributed by atoms with E-state index in [2.05, 4.69) is 41.7 Å². The Bertz CT molecular complexity index is 1730. The lowest BCUT2D eigenvalue weighted by molar-refractivity contribution is 0.460. The number of hydrogen-bond donors (Lipinski definition) is 0. The molecule has 0 fully saturated rings. The minimum absolute atomic E-state index is 0.0628. The van der Waals surface area contributed by atoms with Gasteiger partial charge in [-0.15, -0.1) is 0 Å². The van der Waals surface area contributed by atoms with E-state index in [-0.39, 0.29) is 21.8 Å². The van der Waals surface area contributed by atoms with Crippen molar-refractivity contribution < 1.29 is 13.2 Å². The average Bonchev–Trinajstić information content (AvgIpc) is 2.84. The van der Waals surface area contributed by atoms with Crippen molar-refractivity contribution in [1.29, 1.82) is 5.26 Å². The third kappa shape index (κ3) is 5.36. The number of nitrogens with zero attached hydrogens (tertiary/aromatic N) is 3. The van der Waals surface area contributed by atoms with Crippen LogP contribution in [0.15, 0.2) is 85.9 Å². The number of halogens is 1. The van der Waals surface area contributed by atoms with E-state index in [1.807, 2.05) is 12.1 Å². The fourth-order valence-electron chi connectivity index (χ4n) is 3.67. The summed E-state index contributed by atoms with van der Waals surface area (Å²) in [5.41, 5.74) is 1.40. The standard InChI is InChI=1S/C28H24BrN3O4S/c1-18-6-5-15-32-25(18)31-26(36-21-11-7-19(8-12-21)28(2,3)4)24(27(32)33)16-23(17-30)37(34,35)22-13-9-20(29)10-14-22/h5-16H,1-4H3/b23-16+. The molecule has 2 heterocycles. The van der Waals surface area contributed by atoms with Crippen molar-refractivity contribution in [3.63, 3.8) is 0 Å². The summed E-state index contributed by atoms with van der Waals surface area (Å²) < 4.78 is 34.5. The van der Waals surface area contributed by atoms with Crippen molar-refractivity contribution in [3.8, 4) is 17.7 Å². The molecule has 37 heavy (non-hydrogen) atoms. The van der Waals surface area contributed by atoms with Crippen LogP contribution in [0.25, 0.3) is 11.7 Å². The number of sulfone groups is 1. The molecule has 9 heteroatoms. The Balaban J connectivity index is 1.91. The average molecular weight is 578 g/mol. The largest absolute Gasteiger partial charge is 0.438 e. The second kappa shape index (κ2) is 9.96. The van der Waals surface area contributed by atoms with Crippen molar-refractivity contribution >= 4 is 37.5 Å².